The van der Waals surface area contributed by atoms with Crippen LogP contribution in [0.3, 0.4) is 0 Å². The van der Waals surface area contributed by atoms with Crippen LogP contribution < -0.4 is 0 Å². The zero-order chi connectivity index (χ0) is 10.7. The summed E-state index contributed by atoms with van der Waals surface area (Å²) in [6.45, 7) is 0. The van der Waals surface area contributed by atoms with Crippen LogP contribution in [0.5, 0.6) is 0 Å². The Morgan fingerprint density at radius 2 is 2.47 bits per heavy atom. The van der Waals surface area contributed by atoms with Crippen LogP contribution in [-0.2, 0) is 13.5 Å². The predicted molar refractivity (Wildman–Crippen MR) is 50.4 cm³/mol. The van der Waals surface area contributed by atoms with Gasteiger partial charge in [0.1, 0.15) is 0 Å². The topological polar surface area (TPSA) is 80.5 Å². The predicted octanol–water partition coefficient (Wildman–Crippen LogP) is 0.926. The molecule has 2 aromatic heterocycles. The largest absolute Gasteiger partial charge is 0.339 e. The standard InChI is InChI=1S/C9H9N5O/c1-14-6-7(5-11-14)9-12-8(15-13-9)3-2-4-10/h5-6H,2-3H2,1H3. The molecule has 0 saturated heterocycles. The van der Waals surface area contributed by atoms with E-state index in [-0.39, 0.29) is 0 Å². The average Bonchev–Trinajstić information content (AvgIpc) is 2.83. The smallest absolute Gasteiger partial charge is 0.227 e. The molecule has 15 heavy (non-hydrogen) atoms. The van der Waals surface area contributed by atoms with E-state index >= 15 is 0 Å². The Morgan fingerprint density at radius 3 is 3.13 bits per heavy atom. The van der Waals surface area contributed by atoms with Crippen molar-refractivity contribution < 1.29 is 4.52 Å². The highest BCUT2D eigenvalue weighted by Gasteiger charge is 2.09. The number of hydrogen-bond acceptors (Lipinski definition) is 5. The molecule has 2 aromatic rings. The van der Waals surface area contributed by atoms with Gasteiger partial charge in [0.15, 0.2) is 0 Å². The minimum Gasteiger partial charge on any atom is -0.339 e. The summed E-state index contributed by atoms with van der Waals surface area (Å²) in [5.41, 5.74) is 0.810. The first-order chi connectivity index (χ1) is 7.29. The maximum absolute atomic E-state index is 8.40. The van der Waals surface area contributed by atoms with Crippen molar-refractivity contribution in [3.05, 3.63) is 18.3 Å². The van der Waals surface area contributed by atoms with Gasteiger partial charge in [0.05, 0.1) is 17.8 Å². The summed E-state index contributed by atoms with van der Waals surface area (Å²) in [5, 5.41) is 16.2. The molecule has 0 unspecified atom stereocenters. The Labute approximate surface area is 86.1 Å². The van der Waals surface area contributed by atoms with Gasteiger partial charge >= 0.3 is 0 Å². The van der Waals surface area contributed by atoms with Crippen LogP contribution in [-0.4, -0.2) is 19.9 Å². The minimum atomic E-state index is 0.384. The molecule has 0 saturated carbocycles. The number of aryl methyl sites for hydroxylation is 2. The lowest BCUT2D eigenvalue weighted by Gasteiger charge is -1.84. The molecule has 0 fully saturated rings. The van der Waals surface area contributed by atoms with Gasteiger partial charge in [0, 0.05) is 26.1 Å². The SMILES string of the molecule is Cn1cc(-c2noc(CCC#N)n2)cn1. The Morgan fingerprint density at radius 1 is 1.60 bits per heavy atom. The van der Waals surface area contributed by atoms with E-state index in [1.807, 2.05) is 13.1 Å². The molecule has 0 aliphatic heterocycles. The normalized spacial score (nSPS) is 10.1. The molecule has 0 N–H and O–H groups in total. The molecule has 0 aliphatic rings. The van der Waals surface area contributed by atoms with E-state index in [9.17, 15) is 0 Å². The lowest BCUT2D eigenvalue weighted by atomic mass is 10.3. The zero-order valence-electron chi connectivity index (χ0n) is 8.21. The minimum absolute atomic E-state index is 0.384. The highest BCUT2D eigenvalue weighted by atomic mass is 16.5. The van der Waals surface area contributed by atoms with Gasteiger partial charge in [-0.15, -0.1) is 0 Å². The van der Waals surface area contributed by atoms with Gasteiger partial charge in [-0.2, -0.15) is 15.3 Å². The number of aromatic nitrogens is 4. The summed E-state index contributed by atoms with van der Waals surface area (Å²) in [7, 11) is 1.82. The second-order valence-corrected chi connectivity index (χ2v) is 3.07. The molecular formula is C9H9N5O. The summed E-state index contributed by atoms with van der Waals surface area (Å²) in [6.07, 6.45) is 4.34. The first-order valence-electron chi connectivity index (χ1n) is 4.48. The third-order valence-corrected chi connectivity index (χ3v) is 1.88. The van der Waals surface area contributed by atoms with Crippen LogP contribution >= 0.6 is 0 Å². The molecule has 6 nitrogen and oxygen atoms in total. The number of nitrogens with zero attached hydrogens (tertiary/aromatic N) is 5. The van der Waals surface area contributed by atoms with Crippen LogP contribution in [0, 0.1) is 11.3 Å². The van der Waals surface area contributed by atoms with Gasteiger partial charge in [-0.3, -0.25) is 4.68 Å². The molecule has 0 bridgehead atoms. The third-order valence-electron chi connectivity index (χ3n) is 1.88. The molecule has 0 spiro atoms. The fourth-order valence-corrected chi connectivity index (χ4v) is 1.17. The summed E-state index contributed by atoms with van der Waals surface area (Å²) in [5.74, 6) is 0.992. The fourth-order valence-electron chi connectivity index (χ4n) is 1.17. The van der Waals surface area contributed by atoms with Crippen molar-refractivity contribution in [1.82, 2.24) is 19.9 Å². The van der Waals surface area contributed by atoms with E-state index in [0.717, 1.165) is 5.56 Å². The number of hydrogen-bond donors (Lipinski definition) is 0. The van der Waals surface area contributed by atoms with Gasteiger partial charge in [-0.25, -0.2) is 0 Å². The van der Waals surface area contributed by atoms with Crippen LogP contribution in [0.25, 0.3) is 11.4 Å². The van der Waals surface area contributed by atoms with Crippen molar-refractivity contribution in [2.75, 3.05) is 0 Å². The number of rotatable bonds is 3. The lowest BCUT2D eigenvalue weighted by molar-refractivity contribution is 0.380. The maximum atomic E-state index is 8.40. The highest BCUT2D eigenvalue weighted by molar-refractivity contribution is 5.50. The third kappa shape index (κ3) is 2.02. The van der Waals surface area contributed by atoms with E-state index in [4.69, 9.17) is 9.78 Å². The average molecular weight is 203 g/mol. The van der Waals surface area contributed by atoms with Gasteiger partial charge in [-0.1, -0.05) is 5.16 Å². The second-order valence-electron chi connectivity index (χ2n) is 3.07. The number of nitriles is 1. The Bertz CT molecular complexity index is 493. The van der Waals surface area contributed by atoms with Gasteiger partial charge in [0.25, 0.3) is 0 Å². The first-order valence-corrected chi connectivity index (χ1v) is 4.48. The van der Waals surface area contributed by atoms with Gasteiger partial charge in [-0.05, 0) is 0 Å². The van der Waals surface area contributed by atoms with Crippen LogP contribution in [0.1, 0.15) is 12.3 Å². The quantitative estimate of drug-likeness (QED) is 0.741. The Kier molecular flexibility index (Phi) is 2.46. The molecule has 76 valence electrons. The monoisotopic (exact) mass is 203 g/mol. The highest BCUT2D eigenvalue weighted by Crippen LogP contribution is 2.14. The van der Waals surface area contributed by atoms with Crippen molar-refractivity contribution in [3.63, 3.8) is 0 Å². The van der Waals surface area contributed by atoms with Gasteiger partial charge in [0.2, 0.25) is 11.7 Å². The van der Waals surface area contributed by atoms with Crippen molar-refractivity contribution >= 4 is 0 Å². The molecule has 2 rings (SSSR count). The lowest BCUT2D eigenvalue weighted by Crippen LogP contribution is -1.85. The Balaban J connectivity index is 2.17. The summed E-state index contributed by atoms with van der Waals surface area (Å²) in [4.78, 5) is 4.15. The zero-order valence-corrected chi connectivity index (χ0v) is 8.21. The van der Waals surface area contributed by atoms with Crippen molar-refractivity contribution in [1.29, 1.82) is 5.26 Å². The summed E-state index contributed by atoms with van der Waals surface area (Å²) >= 11 is 0. The van der Waals surface area contributed by atoms with Crippen molar-refractivity contribution in [2.24, 2.45) is 7.05 Å². The van der Waals surface area contributed by atoms with Crippen LogP contribution in [0.15, 0.2) is 16.9 Å². The first kappa shape index (κ1) is 9.40. The molecule has 0 amide bonds. The van der Waals surface area contributed by atoms with Crippen molar-refractivity contribution in [2.45, 2.75) is 12.8 Å². The molecular weight excluding hydrogens is 194 g/mol. The van der Waals surface area contributed by atoms with Crippen LogP contribution in [0.2, 0.25) is 0 Å². The molecule has 0 atom stereocenters. The van der Waals surface area contributed by atoms with E-state index in [1.165, 1.54) is 0 Å². The van der Waals surface area contributed by atoms with E-state index in [1.54, 1.807) is 17.1 Å². The van der Waals surface area contributed by atoms with Crippen LogP contribution in [0.4, 0.5) is 0 Å². The second kappa shape index (κ2) is 3.92. The molecule has 0 aliphatic carbocycles. The molecule has 0 aromatic carbocycles. The molecule has 0 radical (unpaired) electrons. The van der Waals surface area contributed by atoms with E-state index < -0.39 is 0 Å². The molecule has 2 heterocycles. The van der Waals surface area contributed by atoms with E-state index in [0.29, 0.717) is 24.6 Å². The van der Waals surface area contributed by atoms with Crippen molar-refractivity contribution in [3.8, 4) is 17.5 Å². The summed E-state index contributed by atoms with van der Waals surface area (Å²) < 4.78 is 6.65. The fraction of sp³-hybridized carbons (Fsp3) is 0.333. The molecule has 6 heteroatoms. The van der Waals surface area contributed by atoms with Gasteiger partial charge < -0.3 is 4.52 Å². The Hall–Kier alpha value is -2.16. The maximum Gasteiger partial charge on any atom is 0.227 e. The van der Waals surface area contributed by atoms with E-state index in [2.05, 4.69) is 15.2 Å². The summed E-state index contributed by atoms with van der Waals surface area (Å²) in [6, 6.07) is 2.03.